The number of carbonyl (C=O) groups is 1. The molecule has 0 aromatic heterocycles. The molecular weight excluding hydrogens is 176 g/mol. The molecule has 0 spiro atoms. The molecule has 0 aliphatic rings. The zero-order valence-electron chi connectivity index (χ0n) is 9.89. The van der Waals surface area contributed by atoms with E-state index in [0.29, 0.717) is 18.9 Å². The Balaban J connectivity index is 3.66. The van der Waals surface area contributed by atoms with Crippen molar-refractivity contribution in [2.45, 2.75) is 40.5 Å². The van der Waals surface area contributed by atoms with Crippen LogP contribution in [-0.4, -0.2) is 19.0 Å². The van der Waals surface area contributed by atoms with Gasteiger partial charge in [0.15, 0.2) is 0 Å². The number of hydrogen-bond donors (Lipinski definition) is 2. The minimum absolute atomic E-state index is 0.0814. The Morgan fingerprint density at radius 2 is 2.00 bits per heavy atom. The van der Waals surface area contributed by atoms with E-state index in [4.69, 9.17) is 5.73 Å². The molecule has 0 aromatic rings. The highest BCUT2D eigenvalue weighted by Crippen LogP contribution is 2.17. The molecule has 1 amide bonds. The van der Waals surface area contributed by atoms with Crippen LogP contribution in [0, 0.1) is 11.3 Å². The molecule has 0 fully saturated rings. The van der Waals surface area contributed by atoms with Gasteiger partial charge in [0, 0.05) is 13.0 Å². The summed E-state index contributed by atoms with van der Waals surface area (Å²) in [6.45, 7) is 9.64. The normalized spacial score (nSPS) is 11.9. The summed E-state index contributed by atoms with van der Waals surface area (Å²) in [5.74, 6) is 0.749. The van der Waals surface area contributed by atoms with E-state index in [0.717, 1.165) is 13.0 Å². The van der Waals surface area contributed by atoms with Gasteiger partial charge < -0.3 is 11.1 Å². The van der Waals surface area contributed by atoms with E-state index in [2.05, 4.69) is 19.2 Å². The number of nitrogens with one attached hydrogen (secondary N) is 1. The highest BCUT2D eigenvalue weighted by Gasteiger charge is 2.19. The SMILES string of the molecule is CC(C)CCNC(=O)CC(C)(C)CN. The quantitative estimate of drug-likeness (QED) is 0.683. The van der Waals surface area contributed by atoms with Gasteiger partial charge in [0.2, 0.25) is 5.91 Å². The van der Waals surface area contributed by atoms with Crippen molar-refractivity contribution < 1.29 is 4.79 Å². The van der Waals surface area contributed by atoms with Crippen molar-refractivity contribution >= 4 is 5.91 Å². The summed E-state index contributed by atoms with van der Waals surface area (Å²) in [6, 6.07) is 0. The van der Waals surface area contributed by atoms with Crippen LogP contribution in [0.25, 0.3) is 0 Å². The first kappa shape index (κ1) is 13.4. The summed E-state index contributed by atoms with van der Waals surface area (Å²) < 4.78 is 0. The lowest BCUT2D eigenvalue weighted by Crippen LogP contribution is -2.33. The molecule has 0 aliphatic heterocycles. The second kappa shape index (κ2) is 6.02. The molecule has 0 aliphatic carbocycles. The second-order valence-corrected chi connectivity index (χ2v) is 5.08. The molecule has 3 N–H and O–H groups in total. The molecule has 84 valence electrons. The van der Waals surface area contributed by atoms with E-state index < -0.39 is 0 Å². The Morgan fingerprint density at radius 3 is 2.43 bits per heavy atom. The molecule has 0 bridgehead atoms. The molecule has 0 saturated carbocycles. The lowest BCUT2D eigenvalue weighted by atomic mass is 9.89. The van der Waals surface area contributed by atoms with Crippen LogP contribution in [0.4, 0.5) is 0 Å². The molecule has 0 radical (unpaired) electrons. The Bertz CT molecular complexity index is 176. The summed E-state index contributed by atoms with van der Waals surface area (Å²) >= 11 is 0. The number of carbonyl (C=O) groups excluding carboxylic acids is 1. The maximum Gasteiger partial charge on any atom is 0.220 e. The van der Waals surface area contributed by atoms with Crippen molar-refractivity contribution in [1.82, 2.24) is 5.32 Å². The highest BCUT2D eigenvalue weighted by atomic mass is 16.1. The van der Waals surface area contributed by atoms with Gasteiger partial charge in [-0.3, -0.25) is 4.79 Å². The topological polar surface area (TPSA) is 55.1 Å². The van der Waals surface area contributed by atoms with Crippen molar-refractivity contribution in [3.8, 4) is 0 Å². The van der Waals surface area contributed by atoms with Gasteiger partial charge >= 0.3 is 0 Å². The number of amides is 1. The molecule has 0 saturated heterocycles. The average Bonchev–Trinajstić information content (AvgIpc) is 2.02. The number of nitrogens with two attached hydrogens (primary N) is 1. The van der Waals surface area contributed by atoms with Crippen LogP contribution >= 0.6 is 0 Å². The molecular formula is C11H24N2O. The van der Waals surface area contributed by atoms with E-state index in [1.54, 1.807) is 0 Å². The van der Waals surface area contributed by atoms with E-state index in [1.807, 2.05) is 13.8 Å². The summed E-state index contributed by atoms with van der Waals surface area (Å²) in [5, 5.41) is 2.91. The minimum Gasteiger partial charge on any atom is -0.356 e. The molecule has 0 heterocycles. The molecule has 0 aromatic carbocycles. The molecule has 14 heavy (non-hydrogen) atoms. The van der Waals surface area contributed by atoms with Crippen molar-refractivity contribution in [2.75, 3.05) is 13.1 Å². The first-order valence-electron chi connectivity index (χ1n) is 5.34. The monoisotopic (exact) mass is 200 g/mol. The largest absolute Gasteiger partial charge is 0.356 e. The van der Waals surface area contributed by atoms with Gasteiger partial charge in [-0.1, -0.05) is 27.7 Å². The molecule has 3 nitrogen and oxygen atoms in total. The molecule has 0 unspecified atom stereocenters. The summed E-state index contributed by atoms with van der Waals surface area (Å²) in [6.07, 6.45) is 1.55. The van der Waals surface area contributed by atoms with Crippen molar-refractivity contribution in [2.24, 2.45) is 17.1 Å². The Labute approximate surface area is 87.4 Å². The van der Waals surface area contributed by atoms with E-state index in [-0.39, 0.29) is 11.3 Å². The number of rotatable bonds is 6. The molecule has 0 rings (SSSR count). The van der Waals surface area contributed by atoms with Gasteiger partial charge in [-0.2, -0.15) is 0 Å². The molecule has 0 atom stereocenters. The van der Waals surface area contributed by atoms with Crippen molar-refractivity contribution in [3.63, 3.8) is 0 Å². The van der Waals surface area contributed by atoms with E-state index >= 15 is 0 Å². The van der Waals surface area contributed by atoms with Gasteiger partial charge in [-0.25, -0.2) is 0 Å². The minimum atomic E-state index is -0.0814. The van der Waals surface area contributed by atoms with Crippen LogP contribution in [0.1, 0.15) is 40.5 Å². The first-order valence-corrected chi connectivity index (χ1v) is 5.34. The summed E-state index contributed by atoms with van der Waals surface area (Å²) in [5.41, 5.74) is 5.47. The lowest BCUT2D eigenvalue weighted by molar-refractivity contribution is -0.122. The third kappa shape index (κ3) is 6.89. The third-order valence-electron chi connectivity index (χ3n) is 2.24. The van der Waals surface area contributed by atoms with Gasteiger partial charge in [-0.15, -0.1) is 0 Å². The summed E-state index contributed by atoms with van der Waals surface area (Å²) in [4.78, 5) is 11.4. The van der Waals surface area contributed by atoms with Crippen LogP contribution in [0.5, 0.6) is 0 Å². The third-order valence-corrected chi connectivity index (χ3v) is 2.24. The van der Waals surface area contributed by atoms with Gasteiger partial charge in [-0.05, 0) is 24.3 Å². The molecule has 3 heteroatoms. The van der Waals surface area contributed by atoms with Gasteiger partial charge in [0.05, 0.1) is 0 Å². The van der Waals surface area contributed by atoms with Crippen LogP contribution < -0.4 is 11.1 Å². The second-order valence-electron chi connectivity index (χ2n) is 5.08. The Hall–Kier alpha value is -0.570. The predicted octanol–water partition coefficient (Wildman–Crippen LogP) is 1.52. The Morgan fingerprint density at radius 1 is 1.43 bits per heavy atom. The zero-order chi connectivity index (χ0) is 11.2. The van der Waals surface area contributed by atoms with Crippen molar-refractivity contribution in [3.05, 3.63) is 0 Å². The Kier molecular flexibility index (Phi) is 5.77. The fourth-order valence-electron chi connectivity index (χ4n) is 1.07. The standard InChI is InChI=1S/C11H24N2O/c1-9(2)5-6-13-10(14)7-11(3,4)8-12/h9H,5-8,12H2,1-4H3,(H,13,14). The van der Waals surface area contributed by atoms with Gasteiger partial charge in [0.25, 0.3) is 0 Å². The maximum absolute atomic E-state index is 11.4. The van der Waals surface area contributed by atoms with Crippen LogP contribution in [0.2, 0.25) is 0 Å². The zero-order valence-corrected chi connectivity index (χ0v) is 9.89. The summed E-state index contributed by atoms with van der Waals surface area (Å²) in [7, 11) is 0. The van der Waals surface area contributed by atoms with Crippen LogP contribution in [-0.2, 0) is 4.79 Å². The predicted molar refractivity (Wildman–Crippen MR) is 59.9 cm³/mol. The van der Waals surface area contributed by atoms with Crippen LogP contribution in [0.3, 0.4) is 0 Å². The highest BCUT2D eigenvalue weighted by molar-refractivity contribution is 5.76. The first-order chi connectivity index (χ1) is 6.37. The lowest BCUT2D eigenvalue weighted by Gasteiger charge is -2.21. The fourth-order valence-corrected chi connectivity index (χ4v) is 1.07. The fraction of sp³-hybridized carbons (Fsp3) is 0.909. The number of hydrogen-bond acceptors (Lipinski definition) is 2. The van der Waals surface area contributed by atoms with Crippen molar-refractivity contribution in [1.29, 1.82) is 0 Å². The van der Waals surface area contributed by atoms with Gasteiger partial charge in [0.1, 0.15) is 0 Å². The van der Waals surface area contributed by atoms with Crippen LogP contribution in [0.15, 0.2) is 0 Å². The van der Waals surface area contributed by atoms with E-state index in [1.165, 1.54) is 0 Å². The smallest absolute Gasteiger partial charge is 0.220 e. The maximum atomic E-state index is 11.4. The average molecular weight is 200 g/mol. The van der Waals surface area contributed by atoms with E-state index in [9.17, 15) is 4.79 Å².